The first kappa shape index (κ1) is 21.2. The normalized spacial score (nSPS) is 13.9. The topological polar surface area (TPSA) is 64.3 Å². The van der Waals surface area contributed by atoms with Crippen LogP contribution in [0.2, 0.25) is 0 Å². The van der Waals surface area contributed by atoms with E-state index in [0.717, 1.165) is 24.1 Å². The van der Waals surface area contributed by atoms with Crippen molar-refractivity contribution in [1.82, 2.24) is 19.6 Å². The molecule has 0 bridgehead atoms. The summed E-state index contributed by atoms with van der Waals surface area (Å²) in [7, 11) is 1.56. The smallest absolute Gasteiger partial charge is 0.420 e. The molecule has 0 spiro atoms. The molecule has 1 aliphatic carbocycles. The van der Waals surface area contributed by atoms with E-state index < -0.39 is 11.7 Å². The molecule has 1 aliphatic rings. The Balaban J connectivity index is 1.40. The van der Waals surface area contributed by atoms with Crippen LogP contribution in [0.1, 0.15) is 29.8 Å². The van der Waals surface area contributed by atoms with Crippen LogP contribution in [0.4, 0.5) is 18.9 Å². The highest BCUT2D eigenvalue weighted by molar-refractivity contribution is 5.75. The third-order valence-corrected chi connectivity index (χ3v) is 5.80. The number of hydrogen-bond acceptors (Lipinski definition) is 5. The van der Waals surface area contributed by atoms with Gasteiger partial charge in [0.25, 0.3) is 0 Å². The molecule has 4 aromatic rings. The highest BCUT2D eigenvalue weighted by Crippen LogP contribution is 2.40. The molecule has 1 aromatic carbocycles. The van der Waals surface area contributed by atoms with Crippen molar-refractivity contribution in [2.75, 3.05) is 12.4 Å². The Bertz CT molecular complexity index is 1260. The fraction of sp³-hybridized carbons (Fsp3) is 0.292. The van der Waals surface area contributed by atoms with E-state index in [4.69, 9.17) is 4.74 Å². The van der Waals surface area contributed by atoms with Gasteiger partial charge in [-0.3, -0.25) is 4.40 Å². The van der Waals surface area contributed by atoms with E-state index in [-0.39, 0.29) is 11.2 Å². The van der Waals surface area contributed by atoms with Gasteiger partial charge in [-0.1, -0.05) is 18.2 Å². The average molecular weight is 453 g/mol. The minimum atomic E-state index is -4.56. The summed E-state index contributed by atoms with van der Waals surface area (Å²) in [4.78, 5) is 4.16. The van der Waals surface area contributed by atoms with Crippen molar-refractivity contribution in [3.8, 4) is 17.0 Å². The molecule has 1 N–H and O–H groups in total. The number of nitrogens with zero attached hydrogens (tertiary/aromatic N) is 4. The van der Waals surface area contributed by atoms with E-state index in [9.17, 15) is 13.2 Å². The predicted octanol–water partition coefficient (Wildman–Crippen LogP) is 5.38. The SMILES string of the molecule is COc1ccc(CNc2ccc(-c3ccn4c(CC5CC5)nnc4c3C(F)(F)F)cc2)cn1. The van der Waals surface area contributed by atoms with Crippen LogP contribution in [0.15, 0.2) is 54.9 Å². The first-order valence-electron chi connectivity index (χ1n) is 10.7. The second kappa shape index (κ2) is 8.38. The van der Waals surface area contributed by atoms with Crippen molar-refractivity contribution in [1.29, 1.82) is 0 Å². The van der Waals surface area contributed by atoms with Gasteiger partial charge in [-0.25, -0.2) is 4.98 Å². The minimum Gasteiger partial charge on any atom is -0.481 e. The maximum absolute atomic E-state index is 14.1. The molecule has 33 heavy (non-hydrogen) atoms. The van der Waals surface area contributed by atoms with Crippen molar-refractivity contribution in [3.63, 3.8) is 0 Å². The number of aromatic nitrogens is 4. The Kier molecular flexibility index (Phi) is 5.39. The second-order valence-electron chi connectivity index (χ2n) is 8.20. The number of halogens is 3. The van der Waals surface area contributed by atoms with Gasteiger partial charge in [0.05, 0.1) is 7.11 Å². The Labute approximate surface area is 188 Å². The van der Waals surface area contributed by atoms with Crippen molar-refractivity contribution in [3.05, 3.63) is 71.8 Å². The third kappa shape index (κ3) is 4.48. The Morgan fingerprint density at radius 3 is 2.48 bits per heavy atom. The molecule has 3 heterocycles. The largest absolute Gasteiger partial charge is 0.481 e. The average Bonchev–Trinajstić information content (AvgIpc) is 3.55. The Morgan fingerprint density at radius 2 is 1.85 bits per heavy atom. The van der Waals surface area contributed by atoms with Crippen molar-refractivity contribution >= 4 is 11.3 Å². The fourth-order valence-corrected chi connectivity index (χ4v) is 3.85. The number of nitrogens with one attached hydrogen (secondary N) is 1. The monoisotopic (exact) mass is 453 g/mol. The van der Waals surface area contributed by atoms with E-state index in [2.05, 4.69) is 20.5 Å². The van der Waals surface area contributed by atoms with Gasteiger partial charge in [0.2, 0.25) is 5.88 Å². The number of benzene rings is 1. The van der Waals surface area contributed by atoms with Crippen molar-refractivity contribution in [2.45, 2.75) is 32.0 Å². The summed E-state index contributed by atoms with van der Waals surface area (Å²) < 4.78 is 48.8. The van der Waals surface area contributed by atoms with E-state index in [1.807, 2.05) is 6.07 Å². The molecule has 0 radical (unpaired) electrons. The molecular weight excluding hydrogens is 431 g/mol. The lowest BCUT2D eigenvalue weighted by Crippen LogP contribution is -2.11. The Hall–Kier alpha value is -3.62. The number of fused-ring (bicyclic) bond motifs is 1. The van der Waals surface area contributed by atoms with Crippen LogP contribution in [0, 0.1) is 5.92 Å². The summed E-state index contributed by atoms with van der Waals surface area (Å²) in [6.07, 6.45) is 1.63. The van der Waals surface area contributed by atoms with Crippen LogP contribution in [-0.4, -0.2) is 26.7 Å². The van der Waals surface area contributed by atoms with E-state index in [1.54, 1.807) is 49.8 Å². The lowest BCUT2D eigenvalue weighted by molar-refractivity contribution is -0.136. The summed E-state index contributed by atoms with van der Waals surface area (Å²) in [5, 5.41) is 11.2. The molecule has 0 amide bonds. The zero-order valence-electron chi connectivity index (χ0n) is 17.9. The van der Waals surface area contributed by atoms with Gasteiger partial charge in [0, 0.05) is 37.1 Å². The zero-order chi connectivity index (χ0) is 23.0. The quantitative estimate of drug-likeness (QED) is 0.407. The van der Waals surface area contributed by atoms with Crippen LogP contribution in [0.5, 0.6) is 5.88 Å². The lowest BCUT2D eigenvalue weighted by atomic mass is 10.0. The summed E-state index contributed by atoms with van der Waals surface area (Å²) in [6, 6.07) is 12.1. The molecule has 0 unspecified atom stereocenters. The van der Waals surface area contributed by atoms with Gasteiger partial charge in [-0.05, 0) is 53.6 Å². The Morgan fingerprint density at radius 1 is 1.06 bits per heavy atom. The van der Waals surface area contributed by atoms with E-state index in [0.29, 0.717) is 36.2 Å². The van der Waals surface area contributed by atoms with Crippen molar-refractivity contribution < 1.29 is 17.9 Å². The first-order chi connectivity index (χ1) is 15.9. The maximum atomic E-state index is 14.1. The van der Waals surface area contributed by atoms with Gasteiger partial charge in [0.1, 0.15) is 11.4 Å². The van der Waals surface area contributed by atoms with E-state index >= 15 is 0 Å². The van der Waals surface area contributed by atoms with Crippen LogP contribution >= 0.6 is 0 Å². The molecule has 3 aromatic heterocycles. The van der Waals surface area contributed by atoms with Crippen LogP contribution in [0.25, 0.3) is 16.8 Å². The second-order valence-corrected chi connectivity index (χ2v) is 8.20. The molecule has 1 saturated carbocycles. The minimum absolute atomic E-state index is 0.0891. The number of methoxy groups -OCH3 is 1. The molecule has 170 valence electrons. The molecular formula is C24H22F3N5O. The number of hydrogen-bond donors (Lipinski definition) is 1. The highest BCUT2D eigenvalue weighted by Gasteiger charge is 2.38. The fourth-order valence-electron chi connectivity index (χ4n) is 3.85. The van der Waals surface area contributed by atoms with Gasteiger partial charge < -0.3 is 10.1 Å². The molecule has 0 saturated heterocycles. The third-order valence-electron chi connectivity index (χ3n) is 5.80. The van der Waals surface area contributed by atoms with Gasteiger partial charge in [-0.15, -0.1) is 10.2 Å². The standard InChI is InChI=1S/C24H22F3N5O/c1-33-21-9-4-16(14-29-21)13-28-18-7-5-17(6-8-18)19-10-11-32-20(12-15-2-3-15)30-31-23(32)22(19)24(25,26)27/h4-11,14-15,28H,2-3,12-13H2,1H3. The molecule has 1 fully saturated rings. The molecule has 9 heteroatoms. The van der Waals surface area contributed by atoms with Crippen LogP contribution in [-0.2, 0) is 19.1 Å². The zero-order valence-corrected chi connectivity index (χ0v) is 17.9. The molecule has 0 aliphatic heterocycles. The highest BCUT2D eigenvalue weighted by atomic mass is 19.4. The van der Waals surface area contributed by atoms with Gasteiger partial charge in [-0.2, -0.15) is 13.2 Å². The summed E-state index contributed by atoms with van der Waals surface area (Å²) in [5.41, 5.74) is 1.39. The number of alkyl halides is 3. The molecule has 5 rings (SSSR count). The van der Waals surface area contributed by atoms with Gasteiger partial charge in [0.15, 0.2) is 5.65 Å². The number of anilines is 1. The first-order valence-corrected chi connectivity index (χ1v) is 10.7. The van der Waals surface area contributed by atoms with Gasteiger partial charge >= 0.3 is 6.18 Å². The molecule has 6 nitrogen and oxygen atoms in total. The summed E-state index contributed by atoms with van der Waals surface area (Å²) in [5.74, 6) is 1.62. The molecule has 0 atom stereocenters. The van der Waals surface area contributed by atoms with Crippen molar-refractivity contribution in [2.24, 2.45) is 5.92 Å². The summed E-state index contributed by atoms with van der Waals surface area (Å²) in [6.45, 7) is 0.527. The predicted molar refractivity (Wildman–Crippen MR) is 118 cm³/mol. The number of ether oxygens (including phenoxy) is 1. The summed E-state index contributed by atoms with van der Waals surface area (Å²) >= 11 is 0. The van der Waals surface area contributed by atoms with Crippen LogP contribution in [0.3, 0.4) is 0 Å². The van der Waals surface area contributed by atoms with Crippen LogP contribution < -0.4 is 10.1 Å². The number of rotatable bonds is 7. The number of pyridine rings is 2. The van der Waals surface area contributed by atoms with E-state index in [1.165, 1.54) is 10.5 Å². The maximum Gasteiger partial charge on any atom is 0.420 e. The lowest BCUT2D eigenvalue weighted by Gasteiger charge is -2.15.